The van der Waals surface area contributed by atoms with Crippen LogP contribution in [0.3, 0.4) is 0 Å². The normalized spacial score (nSPS) is 15.1. The lowest BCUT2D eigenvalue weighted by atomic mass is 10.1. The van der Waals surface area contributed by atoms with E-state index in [-0.39, 0.29) is 5.91 Å². The fraction of sp³-hybridized carbons (Fsp3) is 0.368. The van der Waals surface area contributed by atoms with Gasteiger partial charge in [-0.15, -0.1) is 11.3 Å². The van der Waals surface area contributed by atoms with Gasteiger partial charge in [-0.2, -0.15) is 5.26 Å². The molecule has 1 aliphatic heterocycles. The van der Waals surface area contributed by atoms with E-state index in [0.717, 1.165) is 44.7 Å². The monoisotopic (exact) mass is 417 g/mol. The molecule has 1 aromatic carbocycles. The van der Waals surface area contributed by atoms with Gasteiger partial charge in [-0.1, -0.05) is 12.1 Å². The van der Waals surface area contributed by atoms with Gasteiger partial charge in [0.15, 0.2) is 0 Å². The highest BCUT2D eigenvalue weighted by Crippen LogP contribution is 2.23. The summed E-state index contributed by atoms with van der Waals surface area (Å²) in [6, 6.07) is 13.8. The van der Waals surface area contributed by atoms with Crippen LogP contribution in [-0.2, 0) is 17.8 Å². The number of rotatable bonds is 5. The van der Waals surface area contributed by atoms with Crippen molar-refractivity contribution in [2.45, 2.75) is 19.4 Å². The molecule has 0 radical (unpaired) electrons. The summed E-state index contributed by atoms with van der Waals surface area (Å²) in [6.07, 6.45) is 1.26. The number of thiophene rings is 1. The van der Waals surface area contributed by atoms with Crippen molar-refractivity contribution in [1.82, 2.24) is 9.80 Å². The van der Waals surface area contributed by atoms with Gasteiger partial charge >= 0.3 is 0 Å². The summed E-state index contributed by atoms with van der Waals surface area (Å²) in [5.74, 6) is 0.225. The van der Waals surface area contributed by atoms with Crippen LogP contribution in [0.5, 0.6) is 0 Å². The predicted octanol–water partition coefficient (Wildman–Crippen LogP) is 3.66. The second-order valence-electron chi connectivity index (χ2n) is 6.17. The molecular weight excluding hydrogens is 398 g/mol. The second-order valence-corrected chi connectivity index (χ2v) is 8.72. The third kappa shape index (κ3) is 5.15. The molecule has 1 fully saturated rings. The van der Waals surface area contributed by atoms with E-state index in [2.05, 4.69) is 39.0 Å². The summed E-state index contributed by atoms with van der Waals surface area (Å²) in [5.41, 5.74) is 1.76. The van der Waals surface area contributed by atoms with Crippen LogP contribution in [0.1, 0.15) is 22.4 Å². The molecule has 1 amide bonds. The number of nitrogens with zero attached hydrogens (tertiary/aromatic N) is 3. The van der Waals surface area contributed by atoms with Gasteiger partial charge in [0.1, 0.15) is 0 Å². The lowest BCUT2D eigenvalue weighted by molar-refractivity contribution is -0.132. The zero-order valence-electron chi connectivity index (χ0n) is 13.9. The number of carbonyl (C=O) groups excluding carboxylic acids is 1. The van der Waals surface area contributed by atoms with E-state index in [9.17, 15) is 4.79 Å². The van der Waals surface area contributed by atoms with Crippen molar-refractivity contribution in [2.75, 3.05) is 26.2 Å². The number of aryl methyl sites for hydroxylation is 1. The fourth-order valence-corrected chi connectivity index (χ4v) is 4.49. The maximum absolute atomic E-state index is 12.4. The molecule has 2 heterocycles. The highest BCUT2D eigenvalue weighted by atomic mass is 79.9. The molecule has 0 aliphatic carbocycles. The van der Waals surface area contributed by atoms with Crippen LogP contribution in [0.2, 0.25) is 0 Å². The number of piperazine rings is 1. The Labute approximate surface area is 160 Å². The lowest BCUT2D eigenvalue weighted by Gasteiger charge is -2.34. The highest BCUT2D eigenvalue weighted by Gasteiger charge is 2.21. The van der Waals surface area contributed by atoms with Gasteiger partial charge in [0.05, 0.1) is 15.4 Å². The van der Waals surface area contributed by atoms with Crippen LogP contribution < -0.4 is 0 Å². The van der Waals surface area contributed by atoms with E-state index in [4.69, 9.17) is 5.26 Å². The van der Waals surface area contributed by atoms with Gasteiger partial charge in [-0.25, -0.2) is 0 Å². The van der Waals surface area contributed by atoms with Crippen molar-refractivity contribution in [2.24, 2.45) is 0 Å². The van der Waals surface area contributed by atoms with E-state index in [0.29, 0.717) is 12.0 Å². The van der Waals surface area contributed by atoms with Gasteiger partial charge in [-0.3, -0.25) is 9.69 Å². The Morgan fingerprint density at radius 2 is 1.84 bits per heavy atom. The first-order valence-electron chi connectivity index (χ1n) is 8.37. The van der Waals surface area contributed by atoms with Crippen LogP contribution in [-0.4, -0.2) is 41.9 Å². The standard InChI is InChI=1S/C19H20BrN3OS/c20-18-7-6-17(25-18)14-22-9-11-23(12-10-22)19(24)8-5-15-1-3-16(13-21)4-2-15/h1-4,6-7H,5,8-12,14H2. The molecule has 25 heavy (non-hydrogen) atoms. The molecule has 1 saturated heterocycles. The van der Waals surface area contributed by atoms with Gasteiger partial charge in [0.2, 0.25) is 5.91 Å². The van der Waals surface area contributed by atoms with Gasteiger partial charge in [-0.05, 0) is 52.2 Å². The Kier molecular flexibility index (Phi) is 6.24. The number of hydrogen-bond acceptors (Lipinski definition) is 4. The van der Waals surface area contributed by atoms with Crippen molar-refractivity contribution in [1.29, 1.82) is 5.26 Å². The van der Waals surface area contributed by atoms with Crippen LogP contribution in [0, 0.1) is 11.3 Å². The molecule has 0 bridgehead atoms. The Morgan fingerprint density at radius 1 is 1.12 bits per heavy atom. The van der Waals surface area contributed by atoms with Gasteiger partial charge < -0.3 is 4.90 Å². The van der Waals surface area contributed by atoms with Crippen LogP contribution in [0.4, 0.5) is 0 Å². The number of nitriles is 1. The summed E-state index contributed by atoms with van der Waals surface area (Å²) in [7, 11) is 0. The minimum absolute atomic E-state index is 0.225. The molecular formula is C19H20BrN3OS. The molecule has 1 aromatic heterocycles. The molecule has 0 atom stereocenters. The first-order valence-corrected chi connectivity index (χ1v) is 9.98. The van der Waals surface area contributed by atoms with Gasteiger partial charge in [0.25, 0.3) is 0 Å². The van der Waals surface area contributed by atoms with Crippen LogP contribution in [0.25, 0.3) is 0 Å². The molecule has 1 aliphatic rings. The molecule has 6 heteroatoms. The van der Waals surface area contributed by atoms with E-state index >= 15 is 0 Å². The van der Waals surface area contributed by atoms with Crippen molar-refractivity contribution in [3.05, 3.63) is 56.2 Å². The molecule has 0 N–H and O–H groups in total. The summed E-state index contributed by atoms with van der Waals surface area (Å²) >= 11 is 5.27. The summed E-state index contributed by atoms with van der Waals surface area (Å²) in [4.78, 5) is 18.2. The Balaban J connectivity index is 1.42. The quantitative estimate of drug-likeness (QED) is 0.745. The van der Waals surface area contributed by atoms with Crippen molar-refractivity contribution >= 4 is 33.2 Å². The van der Waals surface area contributed by atoms with Crippen molar-refractivity contribution in [3.8, 4) is 6.07 Å². The van der Waals surface area contributed by atoms with Crippen LogP contribution >= 0.6 is 27.3 Å². The van der Waals surface area contributed by atoms with Crippen LogP contribution in [0.15, 0.2) is 40.2 Å². The Bertz CT molecular complexity index is 758. The Morgan fingerprint density at radius 3 is 2.44 bits per heavy atom. The van der Waals surface area contributed by atoms with E-state index in [1.54, 1.807) is 11.3 Å². The summed E-state index contributed by atoms with van der Waals surface area (Å²) in [5, 5.41) is 8.82. The molecule has 0 unspecified atom stereocenters. The molecule has 2 aromatic rings. The zero-order chi connectivity index (χ0) is 17.6. The molecule has 0 saturated carbocycles. The molecule has 3 rings (SSSR count). The largest absolute Gasteiger partial charge is 0.340 e. The lowest BCUT2D eigenvalue weighted by Crippen LogP contribution is -2.48. The number of amides is 1. The predicted molar refractivity (Wildman–Crippen MR) is 103 cm³/mol. The first-order chi connectivity index (χ1) is 12.1. The first kappa shape index (κ1) is 18.1. The van der Waals surface area contributed by atoms with E-state index in [1.165, 1.54) is 8.66 Å². The maximum atomic E-state index is 12.4. The van der Waals surface area contributed by atoms with Crippen molar-refractivity contribution in [3.63, 3.8) is 0 Å². The number of benzene rings is 1. The van der Waals surface area contributed by atoms with E-state index < -0.39 is 0 Å². The zero-order valence-corrected chi connectivity index (χ0v) is 16.4. The third-order valence-corrected chi connectivity index (χ3v) is 6.05. The molecule has 130 valence electrons. The summed E-state index contributed by atoms with van der Waals surface area (Å²) < 4.78 is 1.17. The summed E-state index contributed by atoms with van der Waals surface area (Å²) in [6.45, 7) is 4.43. The number of hydrogen-bond donors (Lipinski definition) is 0. The average Bonchev–Trinajstić information content (AvgIpc) is 3.05. The van der Waals surface area contributed by atoms with Crippen molar-refractivity contribution < 1.29 is 4.79 Å². The molecule has 0 spiro atoms. The Hall–Kier alpha value is -1.68. The minimum Gasteiger partial charge on any atom is -0.340 e. The number of carbonyl (C=O) groups is 1. The van der Waals surface area contributed by atoms with Gasteiger partial charge in [0, 0.05) is 44.0 Å². The fourth-order valence-electron chi connectivity index (χ4n) is 2.97. The third-order valence-electron chi connectivity index (χ3n) is 4.44. The second kappa shape index (κ2) is 8.61. The molecule has 4 nitrogen and oxygen atoms in total. The SMILES string of the molecule is N#Cc1ccc(CCC(=O)N2CCN(Cc3ccc(Br)s3)CC2)cc1. The smallest absolute Gasteiger partial charge is 0.222 e. The highest BCUT2D eigenvalue weighted by molar-refractivity contribution is 9.11. The topological polar surface area (TPSA) is 47.3 Å². The minimum atomic E-state index is 0.225. The van der Waals surface area contributed by atoms with E-state index in [1.807, 2.05) is 29.2 Å². The maximum Gasteiger partial charge on any atom is 0.222 e. The average molecular weight is 418 g/mol. The number of halogens is 1.